The number of fused-ring (bicyclic) bond motifs is 1. The van der Waals surface area contributed by atoms with Crippen LogP contribution in [-0.2, 0) is 0 Å². The molecule has 1 aromatic rings. The molecule has 0 radical (unpaired) electrons. The van der Waals surface area contributed by atoms with Gasteiger partial charge in [-0.3, -0.25) is 0 Å². The molecule has 0 bridgehead atoms. The zero-order valence-corrected chi connectivity index (χ0v) is 21.0. The van der Waals surface area contributed by atoms with Crippen molar-refractivity contribution in [2.75, 3.05) is 13.6 Å². The van der Waals surface area contributed by atoms with E-state index >= 15 is 0 Å². The van der Waals surface area contributed by atoms with Crippen molar-refractivity contribution in [3.05, 3.63) is 40.6 Å². The third-order valence-electron chi connectivity index (χ3n) is 7.26. The molecule has 0 spiro atoms. The number of halogens is 1. The van der Waals surface area contributed by atoms with Gasteiger partial charge >= 0.3 is 0 Å². The van der Waals surface area contributed by atoms with Gasteiger partial charge in [-0.15, -0.1) is 0 Å². The molecule has 5 atom stereocenters. The maximum Gasteiger partial charge on any atom is 0.285 e. The summed E-state index contributed by atoms with van der Waals surface area (Å²) in [4.78, 5) is 0. The fraction of sp³-hybridized carbons (Fsp3) is 0.615. The predicted molar refractivity (Wildman–Crippen MR) is 134 cm³/mol. The smallest absolute Gasteiger partial charge is 0.285 e. The molecule has 1 aliphatic carbocycles. The van der Waals surface area contributed by atoms with Crippen LogP contribution in [0.15, 0.2) is 35.0 Å². The fourth-order valence-corrected chi connectivity index (χ4v) is 5.24. The topological polar surface area (TPSA) is 55.8 Å². The van der Waals surface area contributed by atoms with Gasteiger partial charge in [0.2, 0.25) is 0 Å². The Morgan fingerprint density at radius 1 is 1.34 bits per heavy atom. The Morgan fingerprint density at radius 3 is 2.75 bits per heavy atom. The van der Waals surface area contributed by atoms with Crippen molar-refractivity contribution in [3.63, 3.8) is 0 Å². The Kier molecular flexibility index (Phi) is 8.76. The lowest BCUT2D eigenvalue weighted by atomic mass is 9.74. The highest BCUT2D eigenvalue weighted by molar-refractivity contribution is 6.30. The van der Waals surface area contributed by atoms with E-state index in [9.17, 15) is 5.26 Å². The van der Waals surface area contributed by atoms with Crippen LogP contribution in [0.2, 0.25) is 0 Å². The highest BCUT2D eigenvalue weighted by Gasteiger charge is 2.37. The molecule has 3 rings (SSSR count). The first-order valence-electron chi connectivity index (χ1n) is 12.1. The summed E-state index contributed by atoms with van der Waals surface area (Å²) in [6, 6.07) is 5.76. The molecule has 1 saturated carbocycles. The highest BCUT2D eigenvalue weighted by atomic mass is 35.5. The van der Waals surface area contributed by atoms with Crippen molar-refractivity contribution < 1.29 is 4.58 Å². The Balaban J connectivity index is 1.84. The fourth-order valence-electron chi connectivity index (χ4n) is 5.06. The molecule has 2 heterocycles. The van der Waals surface area contributed by atoms with Crippen LogP contribution in [0.5, 0.6) is 0 Å². The van der Waals surface area contributed by atoms with Crippen LogP contribution in [-0.4, -0.2) is 41.0 Å². The molecule has 5 unspecified atom stereocenters. The standard InChI is InChI=1S/C26H39ClN5/c1-6-20(17-28)15-24(27)19(4)30-18(3)23-12-14-32(26(23)31(5)7-2)22-9-8-13-29-25-11-10-21(25)16-22/h6-7,12,14-15,18-19,21-22,25,29-30H,8-11,13,16H2,1-5H3/q+1. The minimum absolute atomic E-state index is 0.0507. The molecular formula is C26H39ClN5+. The molecule has 2 fully saturated rings. The van der Waals surface area contributed by atoms with Crippen LogP contribution >= 0.6 is 11.6 Å². The quantitative estimate of drug-likeness (QED) is 0.244. The van der Waals surface area contributed by atoms with E-state index in [1.165, 1.54) is 43.5 Å². The lowest BCUT2D eigenvalue weighted by molar-refractivity contribution is -0.408. The van der Waals surface area contributed by atoms with Crippen molar-refractivity contribution in [2.24, 2.45) is 5.92 Å². The largest absolute Gasteiger partial charge is 0.314 e. The number of allylic oxidation sites excluding steroid dienone is 3. The normalized spacial score (nSPS) is 26.9. The van der Waals surface area contributed by atoms with Crippen LogP contribution < -0.4 is 10.6 Å². The highest BCUT2D eigenvalue weighted by Crippen LogP contribution is 2.40. The number of nitrogens with zero attached hydrogens (tertiary/aromatic N) is 3. The Hall–Kier alpha value is -1.87. The second-order valence-electron chi connectivity index (χ2n) is 9.30. The van der Waals surface area contributed by atoms with Crippen molar-refractivity contribution in [2.45, 2.75) is 84.0 Å². The van der Waals surface area contributed by atoms with Crippen molar-refractivity contribution in [1.82, 2.24) is 15.2 Å². The molecule has 1 aromatic heterocycles. The number of hydrogen-bond acceptors (Lipinski definition) is 3. The second-order valence-corrected chi connectivity index (χ2v) is 9.73. The van der Waals surface area contributed by atoms with Crippen LogP contribution in [0.3, 0.4) is 0 Å². The van der Waals surface area contributed by atoms with Gasteiger partial charge in [0.1, 0.15) is 6.04 Å². The molecule has 5 nitrogen and oxygen atoms in total. The Labute approximate surface area is 198 Å². The van der Waals surface area contributed by atoms with E-state index in [1.807, 2.05) is 13.8 Å². The SMILES string of the molecule is CC=C(C#N)C=C(Cl)C(C)NC(C)c1ccn(C2CCCNC3CCC3C2)c1[N+](C)=CC. The summed E-state index contributed by atoms with van der Waals surface area (Å²) in [6.45, 7) is 9.31. The average molecular weight is 457 g/mol. The molecule has 6 heteroatoms. The van der Waals surface area contributed by atoms with E-state index in [0.29, 0.717) is 16.6 Å². The van der Waals surface area contributed by atoms with Gasteiger partial charge in [0.05, 0.1) is 31.1 Å². The molecule has 1 saturated heterocycles. The molecule has 1 aliphatic heterocycles. The lowest BCUT2D eigenvalue weighted by Crippen LogP contribution is -2.46. The van der Waals surface area contributed by atoms with Crippen LogP contribution in [0, 0.1) is 17.2 Å². The van der Waals surface area contributed by atoms with Gasteiger partial charge in [-0.1, -0.05) is 17.7 Å². The minimum atomic E-state index is -0.0507. The number of aromatic nitrogens is 1. The maximum atomic E-state index is 9.19. The van der Waals surface area contributed by atoms with E-state index in [2.05, 4.69) is 65.2 Å². The average Bonchev–Trinajstić information content (AvgIpc) is 3.21. The zero-order chi connectivity index (χ0) is 23.3. The van der Waals surface area contributed by atoms with Gasteiger partial charge in [0.15, 0.2) is 0 Å². The van der Waals surface area contributed by atoms with Crippen molar-refractivity contribution >= 4 is 23.6 Å². The van der Waals surface area contributed by atoms with Gasteiger partial charge in [-0.25, -0.2) is 9.14 Å². The molecule has 0 amide bonds. The van der Waals surface area contributed by atoms with Crippen LogP contribution in [0.25, 0.3) is 0 Å². The third kappa shape index (κ3) is 5.54. The summed E-state index contributed by atoms with van der Waals surface area (Å²) < 4.78 is 4.77. The minimum Gasteiger partial charge on any atom is -0.314 e. The molecular weight excluding hydrogens is 418 g/mol. The van der Waals surface area contributed by atoms with Gasteiger partial charge in [0, 0.05) is 28.7 Å². The van der Waals surface area contributed by atoms with E-state index < -0.39 is 0 Å². The predicted octanol–water partition coefficient (Wildman–Crippen LogP) is 5.58. The van der Waals surface area contributed by atoms with Crippen LogP contribution in [0.1, 0.15) is 77.4 Å². The molecule has 2 aliphatic rings. The Bertz CT molecular complexity index is 919. The molecule has 32 heavy (non-hydrogen) atoms. The molecule has 0 aromatic carbocycles. The molecule has 2 N–H and O–H groups in total. The van der Waals surface area contributed by atoms with E-state index in [1.54, 1.807) is 12.2 Å². The lowest BCUT2D eigenvalue weighted by Gasteiger charge is -2.40. The summed E-state index contributed by atoms with van der Waals surface area (Å²) in [5, 5.41) is 17.2. The van der Waals surface area contributed by atoms with Crippen molar-refractivity contribution in [1.29, 1.82) is 5.26 Å². The third-order valence-corrected chi connectivity index (χ3v) is 7.70. The Morgan fingerprint density at radius 2 is 2.12 bits per heavy atom. The van der Waals surface area contributed by atoms with E-state index in [4.69, 9.17) is 11.6 Å². The summed E-state index contributed by atoms with van der Waals surface area (Å²) in [5.41, 5.74) is 1.86. The zero-order valence-electron chi connectivity index (χ0n) is 20.2. The first-order valence-corrected chi connectivity index (χ1v) is 12.4. The van der Waals surface area contributed by atoms with Gasteiger partial charge in [-0.05, 0) is 84.4 Å². The summed E-state index contributed by atoms with van der Waals surface area (Å²) in [6.07, 6.45) is 14.3. The number of nitriles is 1. The number of hydrogen-bond donors (Lipinski definition) is 2. The number of rotatable bonds is 7. The monoisotopic (exact) mass is 456 g/mol. The van der Waals surface area contributed by atoms with Crippen LogP contribution in [0.4, 0.5) is 5.82 Å². The molecule has 174 valence electrons. The van der Waals surface area contributed by atoms with Gasteiger partial charge in [0.25, 0.3) is 5.82 Å². The van der Waals surface area contributed by atoms with Gasteiger partial charge < -0.3 is 10.6 Å². The van der Waals surface area contributed by atoms with E-state index in [-0.39, 0.29) is 12.1 Å². The van der Waals surface area contributed by atoms with E-state index in [0.717, 1.165) is 18.5 Å². The first-order chi connectivity index (χ1) is 15.4. The van der Waals surface area contributed by atoms with Gasteiger partial charge in [-0.2, -0.15) is 5.26 Å². The number of nitrogens with one attached hydrogen (secondary N) is 2. The first kappa shape index (κ1) is 24.8. The second kappa shape index (κ2) is 11.3. The maximum absolute atomic E-state index is 9.19. The summed E-state index contributed by atoms with van der Waals surface area (Å²) in [7, 11) is 2.14. The van der Waals surface area contributed by atoms with Crippen molar-refractivity contribution in [3.8, 4) is 6.07 Å². The summed E-state index contributed by atoms with van der Waals surface area (Å²) >= 11 is 6.52. The summed E-state index contributed by atoms with van der Waals surface area (Å²) in [5.74, 6) is 2.07.